The molecule has 4 aliphatic rings. The lowest BCUT2D eigenvalue weighted by Gasteiger charge is -2.41. The maximum atomic E-state index is 13.9. The van der Waals surface area contributed by atoms with E-state index in [0.717, 1.165) is 48.7 Å². The van der Waals surface area contributed by atoms with Gasteiger partial charge in [0.25, 0.3) is 5.91 Å². The minimum absolute atomic E-state index is 0.0339. The highest BCUT2D eigenvalue weighted by atomic mass is 35.5. The zero-order valence-corrected chi connectivity index (χ0v) is 27.5. The van der Waals surface area contributed by atoms with Crippen LogP contribution in [0.4, 0.5) is 15.3 Å². The van der Waals surface area contributed by atoms with Crippen molar-refractivity contribution in [2.75, 3.05) is 51.6 Å². The lowest BCUT2D eigenvalue weighted by Crippen LogP contribution is -2.52. The summed E-state index contributed by atoms with van der Waals surface area (Å²) < 4.78 is 5.99. The highest BCUT2D eigenvalue weighted by molar-refractivity contribution is 7.08. The van der Waals surface area contributed by atoms with Crippen LogP contribution in [0.15, 0.2) is 29.0 Å². The van der Waals surface area contributed by atoms with Crippen molar-refractivity contribution < 1.29 is 19.1 Å². The molecule has 1 N–H and O–H groups in total. The number of carbonyl (C=O) groups is 3. The molecule has 3 saturated heterocycles. The quantitative estimate of drug-likeness (QED) is 0.399. The number of rotatable bonds is 6. The number of halogens is 2. The number of benzene rings is 1. The number of nitrogens with one attached hydrogen (secondary N) is 1. The van der Waals surface area contributed by atoms with Crippen LogP contribution in [-0.4, -0.2) is 96.1 Å². The molecule has 4 amide bonds. The van der Waals surface area contributed by atoms with E-state index in [1.54, 1.807) is 28.4 Å². The van der Waals surface area contributed by atoms with E-state index >= 15 is 0 Å². The number of amides is 4. The van der Waals surface area contributed by atoms with E-state index in [4.69, 9.17) is 27.9 Å². The summed E-state index contributed by atoms with van der Waals surface area (Å²) in [6.45, 7) is 5.14. The van der Waals surface area contributed by atoms with E-state index in [0.29, 0.717) is 61.5 Å². The van der Waals surface area contributed by atoms with Crippen molar-refractivity contribution in [2.45, 2.75) is 63.6 Å². The summed E-state index contributed by atoms with van der Waals surface area (Å²) in [7, 11) is 2.18. The first kappa shape index (κ1) is 31.5. The Morgan fingerprint density at radius 1 is 0.932 bits per heavy atom. The summed E-state index contributed by atoms with van der Waals surface area (Å²) in [5.41, 5.74) is 2.80. The van der Waals surface area contributed by atoms with Gasteiger partial charge in [-0.05, 0) is 93.6 Å². The first-order chi connectivity index (χ1) is 21.2. The van der Waals surface area contributed by atoms with E-state index in [2.05, 4.69) is 22.6 Å². The van der Waals surface area contributed by atoms with Gasteiger partial charge in [-0.25, -0.2) is 9.59 Å². The molecule has 2 aromatic rings. The Labute approximate surface area is 273 Å². The molecular weight excluding hydrogens is 621 g/mol. The van der Waals surface area contributed by atoms with Crippen LogP contribution in [0, 0.1) is 11.8 Å². The molecule has 0 unspecified atom stereocenters. The molecule has 5 heterocycles. The minimum atomic E-state index is -0.956. The molecule has 44 heavy (non-hydrogen) atoms. The van der Waals surface area contributed by atoms with Gasteiger partial charge < -0.3 is 29.7 Å². The van der Waals surface area contributed by atoms with Crippen LogP contribution in [0.5, 0.6) is 0 Å². The number of likely N-dealkylation sites (tertiary alicyclic amines) is 3. The lowest BCUT2D eigenvalue weighted by atomic mass is 9.79. The van der Waals surface area contributed by atoms with E-state index in [1.165, 1.54) is 12.8 Å². The van der Waals surface area contributed by atoms with Gasteiger partial charge in [-0.3, -0.25) is 4.79 Å². The van der Waals surface area contributed by atoms with Gasteiger partial charge in [0.15, 0.2) is 6.10 Å². The van der Waals surface area contributed by atoms with Crippen molar-refractivity contribution in [3.8, 4) is 0 Å². The van der Waals surface area contributed by atoms with Gasteiger partial charge in [-0.1, -0.05) is 29.3 Å². The fourth-order valence-electron chi connectivity index (χ4n) is 7.20. The third-order valence-corrected chi connectivity index (χ3v) is 11.5. The van der Waals surface area contributed by atoms with Gasteiger partial charge in [0.2, 0.25) is 0 Å². The number of anilines is 1. The number of fused-ring (bicyclic) bond motifs is 1. The smallest absolute Gasteiger partial charge is 0.410 e. The number of urea groups is 1. The fraction of sp³-hybridized carbons (Fsp3) is 0.594. The van der Waals surface area contributed by atoms with Crippen LogP contribution >= 0.6 is 34.5 Å². The van der Waals surface area contributed by atoms with Gasteiger partial charge in [0.1, 0.15) is 0 Å². The zero-order valence-electron chi connectivity index (χ0n) is 25.2. The highest BCUT2D eigenvalue weighted by Gasteiger charge is 2.37. The van der Waals surface area contributed by atoms with Crippen molar-refractivity contribution in [3.63, 3.8) is 0 Å². The third-order valence-electron chi connectivity index (χ3n) is 9.95. The zero-order chi connectivity index (χ0) is 30.8. The van der Waals surface area contributed by atoms with Gasteiger partial charge in [-0.2, -0.15) is 0 Å². The molecule has 1 atom stereocenters. The molecule has 0 spiro atoms. The van der Waals surface area contributed by atoms with Crippen molar-refractivity contribution in [3.05, 3.63) is 50.1 Å². The maximum Gasteiger partial charge on any atom is 0.410 e. The summed E-state index contributed by atoms with van der Waals surface area (Å²) in [4.78, 5) is 47.9. The van der Waals surface area contributed by atoms with E-state index in [9.17, 15) is 14.4 Å². The molecule has 1 aromatic carbocycles. The molecule has 12 heteroatoms. The summed E-state index contributed by atoms with van der Waals surface area (Å²) in [5.74, 6) is 1.20. The Bertz CT molecular complexity index is 1350. The fourth-order valence-corrected chi connectivity index (χ4v) is 8.30. The first-order valence-corrected chi connectivity index (χ1v) is 17.4. The molecule has 0 radical (unpaired) electrons. The Morgan fingerprint density at radius 3 is 2.27 bits per heavy atom. The predicted octanol–water partition coefficient (Wildman–Crippen LogP) is 6.20. The van der Waals surface area contributed by atoms with Gasteiger partial charge in [0.05, 0.1) is 22.3 Å². The SMILES string of the molecule is CN1CCC(C2CCN(C(=O)[C@@H](Cc3ccc(Cl)c(Cl)c3)OC(=O)N3CCC(N4Cc5cscc5NC4=O)CC3)CC2)CC1. The van der Waals surface area contributed by atoms with Crippen LogP contribution in [-0.2, 0) is 22.5 Å². The van der Waals surface area contributed by atoms with Crippen molar-refractivity contribution in [2.24, 2.45) is 11.8 Å². The number of nitrogens with zero attached hydrogens (tertiary/aromatic N) is 4. The Hall–Kier alpha value is -2.53. The van der Waals surface area contributed by atoms with E-state index in [1.807, 2.05) is 21.2 Å². The number of thiophene rings is 1. The molecule has 3 fully saturated rings. The average molecular weight is 663 g/mol. The van der Waals surface area contributed by atoms with Gasteiger partial charge in [0, 0.05) is 49.6 Å². The number of hydrogen-bond donors (Lipinski definition) is 1. The highest BCUT2D eigenvalue weighted by Crippen LogP contribution is 2.33. The molecule has 0 aliphatic carbocycles. The number of hydrogen-bond acceptors (Lipinski definition) is 6. The molecule has 0 saturated carbocycles. The molecule has 238 valence electrons. The third kappa shape index (κ3) is 7.14. The number of ether oxygens (including phenoxy) is 1. The molecule has 0 bridgehead atoms. The second kappa shape index (κ2) is 13.8. The Morgan fingerprint density at radius 2 is 1.59 bits per heavy atom. The maximum absolute atomic E-state index is 13.9. The van der Waals surface area contributed by atoms with Gasteiger partial charge >= 0.3 is 12.1 Å². The van der Waals surface area contributed by atoms with E-state index < -0.39 is 12.2 Å². The number of carbonyl (C=O) groups excluding carboxylic acids is 3. The molecule has 9 nitrogen and oxygen atoms in total. The summed E-state index contributed by atoms with van der Waals surface area (Å²) in [6.07, 6.45) is 4.49. The van der Waals surface area contributed by atoms with Crippen LogP contribution in [0.2, 0.25) is 10.0 Å². The second-order valence-corrected chi connectivity index (χ2v) is 14.3. The minimum Gasteiger partial charge on any atom is -0.436 e. The molecule has 1 aromatic heterocycles. The molecular formula is C32H41Cl2N5O4S. The predicted molar refractivity (Wildman–Crippen MR) is 173 cm³/mol. The monoisotopic (exact) mass is 661 g/mol. The normalized spacial score (nSPS) is 21.6. The molecule has 4 aliphatic heterocycles. The van der Waals surface area contributed by atoms with Gasteiger partial charge in [-0.15, -0.1) is 11.3 Å². The summed E-state index contributed by atoms with van der Waals surface area (Å²) in [6, 6.07) is 5.20. The van der Waals surface area contributed by atoms with Crippen LogP contribution in [0.3, 0.4) is 0 Å². The second-order valence-electron chi connectivity index (χ2n) is 12.7. The van der Waals surface area contributed by atoms with Crippen LogP contribution < -0.4 is 5.32 Å². The summed E-state index contributed by atoms with van der Waals surface area (Å²) >= 11 is 14.0. The topological polar surface area (TPSA) is 85.4 Å². The lowest BCUT2D eigenvalue weighted by molar-refractivity contribution is -0.142. The summed E-state index contributed by atoms with van der Waals surface area (Å²) in [5, 5.41) is 7.83. The average Bonchev–Trinajstić information content (AvgIpc) is 3.49. The van der Waals surface area contributed by atoms with Crippen molar-refractivity contribution in [1.29, 1.82) is 0 Å². The van der Waals surface area contributed by atoms with Crippen LogP contribution in [0.25, 0.3) is 0 Å². The Balaban J connectivity index is 1.07. The standard InChI is InChI=1S/C32H41Cl2N5O4S/c1-36-10-4-22(5-11-36)23-6-12-37(13-7-23)30(40)29(17-21-2-3-26(33)27(34)16-21)43-32(42)38-14-8-25(9-15-38)39-18-24-19-44-20-28(24)35-31(39)41/h2-3,16,19-20,22-23,25,29H,4-15,17-18H2,1H3,(H,35,41)/t29-/m1/s1. The van der Waals surface area contributed by atoms with E-state index in [-0.39, 0.29) is 24.4 Å². The largest absolute Gasteiger partial charge is 0.436 e. The van der Waals surface area contributed by atoms with Crippen molar-refractivity contribution in [1.82, 2.24) is 19.6 Å². The number of piperidine rings is 3. The first-order valence-electron chi connectivity index (χ1n) is 15.7. The van der Waals surface area contributed by atoms with Crippen LogP contribution in [0.1, 0.15) is 49.7 Å². The van der Waals surface area contributed by atoms with Crippen molar-refractivity contribution >= 4 is 58.3 Å². The Kier molecular flexibility index (Phi) is 9.90. The molecule has 6 rings (SSSR count).